The lowest BCUT2D eigenvalue weighted by Crippen LogP contribution is -3.00. The number of aromatic nitrogens is 1. The molecule has 0 unspecified atom stereocenters. The molecular weight excluding hydrogens is 341 g/mol. The van der Waals surface area contributed by atoms with Gasteiger partial charge in [0, 0.05) is 11.6 Å². The minimum atomic E-state index is -0.464. The zero-order chi connectivity index (χ0) is 14.5. The molecule has 110 valence electrons. The van der Waals surface area contributed by atoms with Gasteiger partial charge < -0.3 is 21.7 Å². The van der Waals surface area contributed by atoms with Crippen LogP contribution in [0.1, 0.15) is 20.7 Å². The number of Topliss-reactive ketones (excluding diaryl/α,β-unsaturated/α-hetero) is 1. The van der Waals surface area contributed by atoms with E-state index in [9.17, 15) is 14.0 Å². The standard InChI is InChI=1S/C15H13FNO3.BrH/c1-20-15(19)12-3-2-8-17(9-12)10-14(18)11-4-6-13(16)7-5-11;/h2-9H,10H2,1H3;1H/q+1;/p-1. The summed E-state index contributed by atoms with van der Waals surface area (Å²) in [6.45, 7) is 0.0659. The average molecular weight is 354 g/mol. The zero-order valence-electron chi connectivity index (χ0n) is 11.3. The maximum atomic E-state index is 12.8. The summed E-state index contributed by atoms with van der Waals surface area (Å²) < 4.78 is 19.0. The second kappa shape index (κ2) is 7.64. The molecule has 0 atom stereocenters. The van der Waals surface area contributed by atoms with E-state index in [4.69, 9.17) is 0 Å². The van der Waals surface area contributed by atoms with E-state index in [0.717, 1.165) is 0 Å². The van der Waals surface area contributed by atoms with Crippen LogP contribution in [0.5, 0.6) is 0 Å². The quantitative estimate of drug-likeness (QED) is 0.393. The number of nitrogens with zero attached hydrogens (tertiary/aromatic N) is 1. The van der Waals surface area contributed by atoms with Gasteiger partial charge in [0.25, 0.3) is 0 Å². The van der Waals surface area contributed by atoms with E-state index in [2.05, 4.69) is 4.74 Å². The SMILES string of the molecule is COC(=O)c1ccc[n+](CC(=O)c2ccc(F)cc2)c1.[Br-]. The number of carbonyl (C=O) groups is 2. The van der Waals surface area contributed by atoms with Gasteiger partial charge in [-0.05, 0) is 30.3 Å². The molecule has 2 aromatic rings. The number of benzene rings is 1. The van der Waals surface area contributed by atoms with E-state index in [1.807, 2.05) is 0 Å². The van der Waals surface area contributed by atoms with Gasteiger partial charge in [-0.1, -0.05) is 0 Å². The summed E-state index contributed by atoms with van der Waals surface area (Å²) in [6.07, 6.45) is 3.21. The summed E-state index contributed by atoms with van der Waals surface area (Å²) in [6, 6.07) is 8.60. The van der Waals surface area contributed by atoms with Crippen LogP contribution in [0.25, 0.3) is 0 Å². The van der Waals surface area contributed by atoms with Crippen molar-refractivity contribution in [1.82, 2.24) is 0 Å². The molecule has 0 spiro atoms. The predicted molar refractivity (Wildman–Crippen MR) is 68.7 cm³/mol. The van der Waals surface area contributed by atoms with Crippen LogP contribution >= 0.6 is 0 Å². The van der Waals surface area contributed by atoms with Gasteiger partial charge in [-0.25, -0.2) is 9.18 Å². The summed E-state index contributed by atoms with van der Waals surface area (Å²) in [7, 11) is 1.29. The van der Waals surface area contributed by atoms with Gasteiger partial charge in [-0.3, -0.25) is 4.79 Å². The number of esters is 1. The molecule has 0 amide bonds. The Hall–Kier alpha value is -2.08. The van der Waals surface area contributed by atoms with Crippen LogP contribution in [0.15, 0.2) is 48.8 Å². The summed E-state index contributed by atoms with van der Waals surface area (Å²) >= 11 is 0. The molecule has 6 heteroatoms. The van der Waals surface area contributed by atoms with E-state index < -0.39 is 5.97 Å². The van der Waals surface area contributed by atoms with Gasteiger partial charge in [0.2, 0.25) is 12.3 Å². The van der Waals surface area contributed by atoms with Crippen molar-refractivity contribution in [1.29, 1.82) is 0 Å². The lowest BCUT2D eigenvalue weighted by molar-refractivity contribution is -0.683. The maximum Gasteiger partial charge on any atom is 0.343 e. The van der Waals surface area contributed by atoms with Gasteiger partial charge in [-0.2, -0.15) is 4.57 Å². The monoisotopic (exact) mass is 353 g/mol. The molecule has 0 aliphatic rings. The number of carbonyl (C=O) groups excluding carboxylic acids is 2. The predicted octanol–water partition coefficient (Wildman–Crippen LogP) is -1.21. The van der Waals surface area contributed by atoms with Crippen molar-refractivity contribution in [2.75, 3.05) is 7.11 Å². The molecule has 1 aromatic carbocycles. The van der Waals surface area contributed by atoms with E-state index in [0.29, 0.717) is 11.1 Å². The Morgan fingerprint density at radius 2 is 1.81 bits per heavy atom. The average Bonchev–Trinajstić information content (AvgIpc) is 2.47. The Bertz CT molecular complexity index is 644. The number of pyridine rings is 1. The molecule has 2 rings (SSSR count). The molecule has 0 radical (unpaired) electrons. The van der Waals surface area contributed by atoms with Crippen molar-refractivity contribution in [3.05, 3.63) is 65.7 Å². The number of rotatable bonds is 4. The van der Waals surface area contributed by atoms with Gasteiger partial charge in [0.15, 0.2) is 12.4 Å². The molecule has 0 N–H and O–H groups in total. The van der Waals surface area contributed by atoms with Gasteiger partial charge >= 0.3 is 5.97 Å². The topological polar surface area (TPSA) is 47.2 Å². The molecule has 0 fully saturated rings. The third kappa shape index (κ3) is 4.46. The number of halogens is 2. The highest BCUT2D eigenvalue weighted by molar-refractivity contribution is 5.95. The van der Waals surface area contributed by atoms with Crippen LogP contribution in [-0.2, 0) is 11.3 Å². The highest BCUT2D eigenvalue weighted by atomic mass is 79.9. The second-order valence-electron chi connectivity index (χ2n) is 4.19. The fourth-order valence-corrected chi connectivity index (χ4v) is 1.75. The third-order valence-corrected chi connectivity index (χ3v) is 2.77. The van der Waals surface area contributed by atoms with Crippen molar-refractivity contribution in [2.24, 2.45) is 0 Å². The summed E-state index contributed by atoms with van der Waals surface area (Å²) in [4.78, 5) is 23.4. The fraction of sp³-hybridized carbons (Fsp3) is 0.133. The number of ether oxygens (including phenoxy) is 1. The smallest absolute Gasteiger partial charge is 0.343 e. The minimum absolute atomic E-state index is 0. The molecule has 0 bridgehead atoms. The van der Waals surface area contributed by atoms with Gasteiger partial charge in [-0.15, -0.1) is 0 Å². The number of ketones is 1. The molecular formula is C15H13BrFNO3. The first-order chi connectivity index (χ1) is 9.60. The number of hydrogen-bond acceptors (Lipinski definition) is 3. The van der Waals surface area contributed by atoms with Crippen LogP contribution in [0.3, 0.4) is 0 Å². The van der Waals surface area contributed by atoms with Crippen molar-refractivity contribution in [2.45, 2.75) is 6.54 Å². The lowest BCUT2D eigenvalue weighted by atomic mass is 10.1. The van der Waals surface area contributed by atoms with Crippen molar-refractivity contribution in [3.8, 4) is 0 Å². The minimum Gasteiger partial charge on any atom is -1.00 e. The van der Waals surface area contributed by atoms with Crippen molar-refractivity contribution < 1.29 is 40.3 Å². The first-order valence-electron chi connectivity index (χ1n) is 5.96. The van der Waals surface area contributed by atoms with Crippen LogP contribution in [0.4, 0.5) is 4.39 Å². The van der Waals surface area contributed by atoms with Crippen molar-refractivity contribution in [3.63, 3.8) is 0 Å². The Kier molecular flexibility index (Phi) is 6.17. The Morgan fingerprint density at radius 1 is 1.14 bits per heavy atom. The highest BCUT2D eigenvalue weighted by Crippen LogP contribution is 2.04. The lowest BCUT2D eigenvalue weighted by Gasteiger charge is -2.00. The van der Waals surface area contributed by atoms with Crippen LogP contribution in [0.2, 0.25) is 0 Å². The van der Waals surface area contributed by atoms with E-state index in [1.165, 1.54) is 37.6 Å². The van der Waals surface area contributed by atoms with Crippen molar-refractivity contribution >= 4 is 11.8 Å². The normalized spacial score (nSPS) is 9.62. The maximum absolute atomic E-state index is 12.8. The number of hydrogen-bond donors (Lipinski definition) is 0. The zero-order valence-corrected chi connectivity index (χ0v) is 12.8. The molecule has 0 aliphatic carbocycles. The van der Waals surface area contributed by atoms with Crippen LogP contribution < -0.4 is 21.5 Å². The van der Waals surface area contributed by atoms with E-state index in [1.54, 1.807) is 22.9 Å². The van der Waals surface area contributed by atoms with Gasteiger partial charge in [0.1, 0.15) is 11.4 Å². The first kappa shape index (κ1) is 17.0. The molecule has 0 saturated heterocycles. The third-order valence-electron chi connectivity index (χ3n) is 2.77. The highest BCUT2D eigenvalue weighted by Gasteiger charge is 2.15. The number of methoxy groups -OCH3 is 1. The fourth-order valence-electron chi connectivity index (χ4n) is 1.75. The van der Waals surface area contributed by atoms with E-state index in [-0.39, 0.29) is 35.1 Å². The summed E-state index contributed by atoms with van der Waals surface area (Å²) in [5, 5.41) is 0. The van der Waals surface area contributed by atoms with E-state index >= 15 is 0 Å². The Labute approximate surface area is 131 Å². The molecule has 0 saturated carbocycles. The molecule has 0 aliphatic heterocycles. The van der Waals surface area contributed by atoms with Crippen LogP contribution in [0, 0.1) is 5.82 Å². The second-order valence-corrected chi connectivity index (χ2v) is 4.19. The molecule has 4 nitrogen and oxygen atoms in total. The Balaban J connectivity index is 0.00000220. The summed E-state index contributed by atoms with van der Waals surface area (Å²) in [5.74, 6) is -1.02. The molecule has 1 aromatic heterocycles. The van der Waals surface area contributed by atoms with Gasteiger partial charge in [0.05, 0.1) is 7.11 Å². The summed E-state index contributed by atoms with van der Waals surface area (Å²) in [5.41, 5.74) is 0.782. The van der Waals surface area contributed by atoms with Crippen LogP contribution in [-0.4, -0.2) is 18.9 Å². The molecule has 21 heavy (non-hydrogen) atoms. The largest absolute Gasteiger partial charge is 1.00 e. The molecule has 1 heterocycles. The first-order valence-corrected chi connectivity index (χ1v) is 5.96. The Morgan fingerprint density at radius 3 is 2.43 bits per heavy atom.